The number of aromatic nitrogens is 2. The molecule has 0 fully saturated rings. The first-order chi connectivity index (χ1) is 7.70. The molecule has 0 bridgehead atoms. The van der Waals surface area contributed by atoms with Crippen LogP contribution in [0.2, 0.25) is 0 Å². The third-order valence-electron chi connectivity index (χ3n) is 2.41. The van der Waals surface area contributed by atoms with Gasteiger partial charge in [-0.15, -0.1) is 0 Å². The summed E-state index contributed by atoms with van der Waals surface area (Å²) >= 11 is 0. The van der Waals surface area contributed by atoms with Crippen molar-refractivity contribution in [1.29, 1.82) is 0 Å². The summed E-state index contributed by atoms with van der Waals surface area (Å²) < 4.78 is 0. The van der Waals surface area contributed by atoms with E-state index < -0.39 is 0 Å². The second-order valence-electron chi connectivity index (χ2n) is 3.61. The number of fused-ring (bicyclic) bond motifs is 1. The van der Waals surface area contributed by atoms with E-state index in [0.717, 1.165) is 12.1 Å². The number of aromatic amines is 1. The van der Waals surface area contributed by atoms with Gasteiger partial charge in [0.1, 0.15) is 0 Å². The van der Waals surface area contributed by atoms with Crippen LogP contribution in [0.3, 0.4) is 0 Å². The Morgan fingerprint density at radius 3 is 2.94 bits per heavy atom. The lowest BCUT2D eigenvalue weighted by Gasteiger charge is -1.99. The minimum atomic E-state index is -0.145. The second kappa shape index (κ2) is 4.26. The van der Waals surface area contributed by atoms with Crippen molar-refractivity contribution in [3.05, 3.63) is 34.6 Å². The molecule has 0 saturated carbocycles. The van der Waals surface area contributed by atoms with Gasteiger partial charge in [0.2, 0.25) is 5.95 Å². The highest BCUT2D eigenvalue weighted by molar-refractivity contribution is 5.84. The highest BCUT2D eigenvalue weighted by Crippen LogP contribution is 2.10. The van der Waals surface area contributed by atoms with Crippen LogP contribution in [0.25, 0.3) is 10.9 Å². The first kappa shape index (κ1) is 10.5. The fourth-order valence-electron chi connectivity index (χ4n) is 1.39. The van der Waals surface area contributed by atoms with Crippen LogP contribution in [0.5, 0.6) is 0 Å². The predicted octanol–water partition coefficient (Wildman–Crippen LogP) is 2.43. The minimum Gasteiger partial charge on any atom is -0.290 e. The molecule has 1 heterocycles. The molecular weight excluding hydrogens is 202 g/mol. The summed E-state index contributed by atoms with van der Waals surface area (Å²) in [5.74, 6) is 0.378. The van der Waals surface area contributed by atoms with Gasteiger partial charge in [0.15, 0.2) is 0 Å². The van der Waals surface area contributed by atoms with Crippen molar-refractivity contribution < 1.29 is 0 Å². The zero-order chi connectivity index (χ0) is 11.5. The second-order valence-corrected chi connectivity index (χ2v) is 3.61. The fraction of sp³-hybridized carbons (Fsp3) is 0.250. The molecule has 16 heavy (non-hydrogen) atoms. The van der Waals surface area contributed by atoms with Gasteiger partial charge in [-0.3, -0.25) is 9.78 Å². The quantitative estimate of drug-likeness (QED) is 0.782. The van der Waals surface area contributed by atoms with Crippen molar-refractivity contribution in [3.63, 3.8) is 0 Å². The maximum absolute atomic E-state index is 11.7. The van der Waals surface area contributed by atoms with Gasteiger partial charge in [-0.1, -0.05) is 19.1 Å². The predicted molar refractivity (Wildman–Crippen MR) is 65.4 cm³/mol. The summed E-state index contributed by atoms with van der Waals surface area (Å²) in [6, 6.07) is 7.24. The summed E-state index contributed by atoms with van der Waals surface area (Å²) in [7, 11) is 0. The van der Waals surface area contributed by atoms with Gasteiger partial charge in [0.05, 0.1) is 10.9 Å². The van der Waals surface area contributed by atoms with Crippen LogP contribution in [0.15, 0.2) is 34.1 Å². The molecule has 82 valence electrons. The summed E-state index contributed by atoms with van der Waals surface area (Å²) in [6.45, 7) is 3.92. The molecule has 1 aromatic heterocycles. The van der Waals surface area contributed by atoms with E-state index in [-0.39, 0.29) is 5.56 Å². The minimum absolute atomic E-state index is 0.145. The molecule has 0 aliphatic rings. The molecule has 0 spiro atoms. The number of aliphatic imine (C=N–C) groups is 1. The number of hydrogen-bond acceptors (Lipinski definition) is 3. The van der Waals surface area contributed by atoms with Crippen LogP contribution in [0, 0.1) is 0 Å². The Balaban J connectivity index is 2.63. The molecule has 0 aliphatic carbocycles. The third kappa shape index (κ3) is 2.00. The lowest BCUT2D eigenvalue weighted by molar-refractivity contribution is 1.12. The van der Waals surface area contributed by atoms with E-state index in [0.29, 0.717) is 16.9 Å². The molecule has 0 atom stereocenters. The smallest absolute Gasteiger partial charge is 0.260 e. The highest BCUT2D eigenvalue weighted by Gasteiger charge is 2.01. The van der Waals surface area contributed by atoms with Gasteiger partial charge in [0.25, 0.3) is 5.56 Å². The number of H-pyrrole nitrogens is 1. The molecule has 2 rings (SSSR count). The number of para-hydroxylation sites is 1. The van der Waals surface area contributed by atoms with Gasteiger partial charge >= 0.3 is 0 Å². The summed E-state index contributed by atoms with van der Waals surface area (Å²) in [5.41, 5.74) is 1.47. The Hall–Kier alpha value is -1.97. The monoisotopic (exact) mass is 215 g/mol. The number of nitrogens with zero attached hydrogens (tertiary/aromatic N) is 2. The van der Waals surface area contributed by atoms with E-state index in [1.807, 2.05) is 32.0 Å². The van der Waals surface area contributed by atoms with E-state index in [2.05, 4.69) is 15.0 Å². The molecule has 4 heteroatoms. The van der Waals surface area contributed by atoms with Gasteiger partial charge in [-0.05, 0) is 25.5 Å². The van der Waals surface area contributed by atoms with E-state index in [1.165, 1.54) is 0 Å². The Labute approximate surface area is 93.1 Å². The largest absolute Gasteiger partial charge is 0.290 e. The molecule has 1 aromatic carbocycles. The lowest BCUT2D eigenvalue weighted by atomic mass is 10.2. The number of benzene rings is 1. The van der Waals surface area contributed by atoms with Crippen molar-refractivity contribution in [2.45, 2.75) is 20.3 Å². The molecule has 0 saturated heterocycles. The average Bonchev–Trinajstić information content (AvgIpc) is 2.29. The van der Waals surface area contributed by atoms with E-state index in [9.17, 15) is 4.79 Å². The van der Waals surface area contributed by atoms with Crippen molar-refractivity contribution in [2.75, 3.05) is 0 Å². The van der Waals surface area contributed by atoms with E-state index in [1.54, 1.807) is 6.07 Å². The molecule has 0 unspecified atom stereocenters. The summed E-state index contributed by atoms with van der Waals surface area (Å²) in [4.78, 5) is 22.9. The van der Waals surface area contributed by atoms with Crippen molar-refractivity contribution in [3.8, 4) is 0 Å². The number of nitrogens with one attached hydrogen (secondary N) is 1. The van der Waals surface area contributed by atoms with Crippen molar-refractivity contribution >= 4 is 22.6 Å². The Bertz CT molecular complexity index is 598. The normalized spacial score (nSPS) is 12.0. The molecule has 0 radical (unpaired) electrons. The maximum Gasteiger partial charge on any atom is 0.260 e. The summed E-state index contributed by atoms with van der Waals surface area (Å²) in [6.07, 6.45) is 0.844. The van der Waals surface area contributed by atoms with E-state index in [4.69, 9.17) is 0 Å². The Morgan fingerprint density at radius 2 is 2.19 bits per heavy atom. The first-order valence-corrected chi connectivity index (χ1v) is 5.24. The van der Waals surface area contributed by atoms with Crippen molar-refractivity contribution in [2.24, 2.45) is 4.99 Å². The standard InChI is InChI=1S/C12H13N3O/c1-3-8(2)13-12-14-10-7-5-4-6-9(10)11(16)15-12/h4-7H,3H2,1-2H3,(H,14,15,16)/b13-8-. The molecule has 4 nitrogen and oxygen atoms in total. The van der Waals surface area contributed by atoms with Crippen LogP contribution in [0.1, 0.15) is 20.3 Å². The molecular formula is C12H13N3O. The topological polar surface area (TPSA) is 58.1 Å². The molecule has 0 aliphatic heterocycles. The molecule has 2 aromatic rings. The SMILES string of the molecule is CC/C(C)=N\c1nc2ccccc2c(=O)[nH]1. The first-order valence-electron chi connectivity index (χ1n) is 5.24. The summed E-state index contributed by atoms with van der Waals surface area (Å²) in [5, 5.41) is 0.593. The maximum atomic E-state index is 11.7. The van der Waals surface area contributed by atoms with Gasteiger partial charge in [-0.2, -0.15) is 0 Å². The third-order valence-corrected chi connectivity index (χ3v) is 2.41. The van der Waals surface area contributed by atoms with Gasteiger partial charge in [-0.25, -0.2) is 9.98 Å². The van der Waals surface area contributed by atoms with Crippen LogP contribution in [-0.2, 0) is 0 Å². The average molecular weight is 215 g/mol. The zero-order valence-corrected chi connectivity index (χ0v) is 9.32. The van der Waals surface area contributed by atoms with Crippen LogP contribution in [0.4, 0.5) is 5.95 Å². The zero-order valence-electron chi connectivity index (χ0n) is 9.32. The van der Waals surface area contributed by atoms with Gasteiger partial charge in [0, 0.05) is 5.71 Å². The van der Waals surface area contributed by atoms with Crippen LogP contribution >= 0.6 is 0 Å². The molecule has 0 amide bonds. The van der Waals surface area contributed by atoms with Crippen LogP contribution in [-0.4, -0.2) is 15.7 Å². The number of hydrogen-bond donors (Lipinski definition) is 1. The molecule has 1 N–H and O–H groups in total. The lowest BCUT2D eigenvalue weighted by Crippen LogP contribution is -2.07. The fourth-order valence-corrected chi connectivity index (χ4v) is 1.39. The van der Waals surface area contributed by atoms with E-state index >= 15 is 0 Å². The Morgan fingerprint density at radius 1 is 1.44 bits per heavy atom. The van der Waals surface area contributed by atoms with Crippen LogP contribution < -0.4 is 5.56 Å². The Kier molecular flexibility index (Phi) is 2.81. The van der Waals surface area contributed by atoms with Gasteiger partial charge < -0.3 is 0 Å². The number of rotatable bonds is 2. The van der Waals surface area contributed by atoms with Crippen molar-refractivity contribution in [1.82, 2.24) is 9.97 Å². The highest BCUT2D eigenvalue weighted by atomic mass is 16.1.